The van der Waals surface area contributed by atoms with Gasteiger partial charge in [-0.3, -0.25) is 0 Å². The zero-order valence-electron chi connectivity index (χ0n) is 11.1. The summed E-state index contributed by atoms with van der Waals surface area (Å²) in [4.78, 5) is 0. The average molecular weight is 305 g/mol. The van der Waals surface area contributed by atoms with Gasteiger partial charge in [-0.2, -0.15) is 5.26 Å². The molecule has 0 aliphatic heterocycles. The summed E-state index contributed by atoms with van der Waals surface area (Å²) in [5, 5.41) is 18.5. The van der Waals surface area contributed by atoms with Crippen LogP contribution < -0.4 is 4.74 Å². The third-order valence-electron chi connectivity index (χ3n) is 3.50. The largest absolute Gasteiger partial charge is 0.457 e. The lowest BCUT2D eigenvalue weighted by Gasteiger charge is -2.12. The summed E-state index contributed by atoms with van der Waals surface area (Å²) in [6, 6.07) is 9.41. The molecule has 0 aromatic heterocycles. The smallest absolute Gasteiger partial charge is 0.165 e. The molecule has 0 radical (unpaired) electrons. The van der Waals surface area contributed by atoms with Crippen LogP contribution in [0.4, 0.5) is 13.2 Å². The van der Waals surface area contributed by atoms with Gasteiger partial charge in [-0.05, 0) is 23.8 Å². The van der Waals surface area contributed by atoms with E-state index in [2.05, 4.69) is 0 Å². The maximum absolute atomic E-state index is 14.0. The molecule has 2 aromatic carbocycles. The Balaban J connectivity index is 2.02. The molecule has 3 rings (SSSR count). The summed E-state index contributed by atoms with van der Waals surface area (Å²) >= 11 is 0. The number of ether oxygens (including phenoxy) is 1. The number of nitrogens with zero attached hydrogens (tertiary/aromatic N) is 1. The summed E-state index contributed by atoms with van der Waals surface area (Å²) in [6.07, 6.45) is -5.65. The van der Waals surface area contributed by atoms with Crippen molar-refractivity contribution >= 4 is 0 Å². The quantitative estimate of drug-likeness (QED) is 0.916. The van der Waals surface area contributed by atoms with Crippen LogP contribution in [0.1, 0.15) is 29.0 Å². The van der Waals surface area contributed by atoms with E-state index in [0.29, 0.717) is 0 Å². The monoisotopic (exact) mass is 305 g/mol. The Hall–Kier alpha value is -2.52. The van der Waals surface area contributed by atoms with Crippen molar-refractivity contribution in [2.45, 2.75) is 18.4 Å². The Bertz CT molecular complexity index is 772. The molecule has 6 heteroatoms. The van der Waals surface area contributed by atoms with Crippen molar-refractivity contribution in [2.75, 3.05) is 0 Å². The topological polar surface area (TPSA) is 53.2 Å². The SMILES string of the molecule is N#Cc1cc(F)cc(Oc2cccc3c2[C@@H](F)[C@@H](F)[C@H]3O)c1. The van der Waals surface area contributed by atoms with Crippen molar-refractivity contribution < 1.29 is 23.0 Å². The number of aliphatic hydroxyl groups is 1. The van der Waals surface area contributed by atoms with Crippen LogP contribution >= 0.6 is 0 Å². The predicted octanol–water partition coefficient (Wildman–Crippen LogP) is 3.89. The normalized spacial score (nSPS) is 23.0. The number of hydrogen-bond acceptors (Lipinski definition) is 3. The van der Waals surface area contributed by atoms with Crippen molar-refractivity contribution in [1.82, 2.24) is 0 Å². The molecule has 0 heterocycles. The van der Waals surface area contributed by atoms with Crippen LogP contribution in [0.2, 0.25) is 0 Å². The van der Waals surface area contributed by atoms with Gasteiger partial charge in [-0.15, -0.1) is 0 Å². The summed E-state index contributed by atoms with van der Waals surface area (Å²) in [7, 11) is 0. The maximum atomic E-state index is 14.0. The van der Waals surface area contributed by atoms with Gasteiger partial charge in [0, 0.05) is 11.6 Å². The second-order valence-electron chi connectivity index (χ2n) is 4.94. The molecule has 0 amide bonds. The van der Waals surface area contributed by atoms with Crippen LogP contribution in [0.25, 0.3) is 0 Å². The number of aliphatic hydroxyl groups excluding tert-OH is 1. The minimum Gasteiger partial charge on any atom is -0.457 e. The fourth-order valence-corrected chi connectivity index (χ4v) is 2.51. The highest BCUT2D eigenvalue weighted by Crippen LogP contribution is 2.48. The van der Waals surface area contributed by atoms with E-state index in [4.69, 9.17) is 10.00 Å². The maximum Gasteiger partial charge on any atom is 0.165 e. The highest BCUT2D eigenvalue weighted by molar-refractivity contribution is 5.50. The number of nitriles is 1. The first-order valence-electron chi connectivity index (χ1n) is 6.49. The lowest BCUT2D eigenvalue weighted by atomic mass is 10.1. The lowest BCUT2D eigenvalue weighted by molar-refractivity contribution is 0.0465. The molecule has 2 aromatic rings. The molecule has 1 N–H and O–H groups in total. The molecule has 112 valence electrons. The first-order valence-corrected chi connectivity index (χ1v) is 6.49. The zero-order chi connectivity index (χ0) is 15.9. The second kappa shape index (κ2) is 5.35. The number of halogens is 3. The van der Waals surface area contributed by atoms with Crippen LogP contribution in [0.15, 0.2) is 36.4 Å². The Morgan fingerprint density at radius 1 is 1.18 bits per heavy atom. The Labute approximate surface area is 124 Å². The predicted molar refractivity (Wildman–Crippen MR) is 71.3 cm³/mol. The van der Waals surface area contributed by atoms with Crippen LogP contribution in [0.3, 0.4) is 0 Å². The number of rotatable bonds is 2. The van der Waals surface area contributed by atoms with Gasteiger partial charge in [-0.25, -0.2) is 13.2 Å². The molecular formula is C16H10F3NO2. The third-order valence-corrected chi connectivity index (χ3v) is 3.50. The Kier molecular flexibility index (Phi) is 3.51. The summed E-state index contributed by atoms with van der Waals surface area (Å²) in [5.74, 6) is -0.700. The fraction of sp³-hybridized carbons (Fsp3) is 0.188. The van der Waals surface area contributed by atoms with Crippen molar-refractivity contribution in [1.29, 1.82) is 5.26 Å². The van der Waals surface area contributed by atoms with Gasteiger partial charge in [0.25, 0.3) is 0 Å². The van der Waals surface area contributed by atoms with E-state index in [1.807, 2.05) is 0 Å². The number of benzene rings is 2. The van der Waals surface area contributed by atoms with Crippen molar-refractivity contribution in [2.24, 2.45) is 0 Å². The minimum absolute atomic E-state index is 0.00560. The fourth-order valence-electron chi connectivity index (χ4n) is 2.51. The lowest BCUT2D eigenvalue weighted by Crippen LogP contribution is -2.09. The van der Waals surface area contributed by atoms with E-state index in [9.17, 15) is 18.3 Å². The molecule has 22 heavy (non-hydrogen) atoms. The van der Waals surface area contributed by atoms with Gasteiger partial charge in [0.15, 0.2) is 12.3 Å². The number of hydrogen-bond donors (Lipinski definition) is 1. The molecule has 1 aliphatic rings. The molecule has 3 atom stereocenters. The summed E-state index contributed by atoms with van der Waals surface area (Å²) < 4.78 is 46.4. The number of alkyl halides is 2. The van der Waals surface area contributed by atoms with Gasteiger partial charge in [0.2, 0.25) is 0 Å². The third kappa shape index (κ3) is 2.30. The summed E-state index contributed by atoms with van der Waals surface area (Å²) in [5.41, 5.74) is 0.0578. The molecule has 0 unspecified atom stereocenters. The molecule has 0 saturated heterocycles. The first kappa shape index (κ1) is 14.4. The average Bonchev–Trinajstić information content (AvgIpc) is 2.72. The van der Waals surface area contributed by atoms with E-state index in [1.54, 1.807) is 6.07 Å². The highest BCUT2D eigenvalue weighted by Gasteiger charge is 2.42. The Morgan fingerprint density at radius 2 is 1.95 bits per heavy atom. The number of fused-ring (bicyclic) bond motifs is 1. The van der Waals surface area contributed by atoms with E-state index >= 15 is 0 Å². The van der Waals surface area contributed by atoms with Crippen LogP contribution in [-0.2, 0) is 0 Å². The van der Waals surface area contributed by atoms with Gasteiger partial charge >= 0.3 is 0 Å². The van der Waals surface area contributed by atoms with E-state index < -0.39 is 24.3 Å². The molecule has 1 aliphatic carbocycles. The van der Waals surface area contributed by atoms with Gasteiger partial charge in [0.1, 0.15) is 23.4 Å². The molecule has 0 saturated carbocycles. The Morgan fingerprint density at radius 3 is 2.68 bits per heavy atom. The molecule has 0 spiro atoms. The first-order chi connectivity index (χ1) is 10.5. The van der Waals surface area contributed by atoms with Gasteiger partial charge in [0.05, 0.1) is 11.6 Å². The van der Waals surface area contributed by atoms with E-state index in [1.165, 1.54) is 24.3 Å². The second-order valence-corrected chi connectivity index (χ2v) is 4.94. The summed E-state index contributed by atoms with van der Waals surface area (Å²) in [6.45, 7) is 0. The van der Waals surface area contributed by atoms with Gasteiger partial charge < -0.3 is 9.84 Å². The van der Waals surface area contributed by atoms with Crippen LogP contribution in [-0.4, -0.2) is 11.3 Å². The molecular weight excluding hydrogens is 295 g/mol. The molecule has 0 bridgehead atoms. The zero-order valence-corrected chi connectivity index (χ0v) is 11.1. The van der Waals surface area contributed by atoms with Crippen molar-refractivity contribution in [3.63, 3.8) is 0 Å². The molecule has 3 nitrogen and oxygen atoms in total. The highest BCUT2D eigenvalue weighted by atomic mass is 19.2. The van der Waals surface area contributed by atoms with Crippen molar-refractivity contribution in [3.05, 3.63) is 58.9 Å². The van der Waals surface area contributed by atoms with Crippen molar-refractivity contribution in [3.8, 4) is 17.6 Å². The van der Waals surface area contributed by atoms with Crippen LogP contribution in [0, 0.1) is 17.1 Å². The standard InChI is InChI=1S/C16H10F3NO2/c17-9-4-8(7-20)5-10(6-9)22-12-3-1-2-11-13(12)14(18)15(19)16(11)21/h1-6,14-16,21H/t14-,15-,16+/m1/s1. The molecule has 0 fully saturated rings. The van der Waals surface area contributed by atoms with Crippen LogP contribution in [0.5, 0.6) is 11.5 Å². The minimum atomic E-state index is -2.07. The van der Waals surface area contributed by atoms with E-state index in [0.717, 1.165) is 12.1 Å². The van der Waals surface area contributed by atoms with E-state index in [-0.39, 0.29) is 28.2 Å². The van der Waals surface area contributed by atoms with Gasteiger partial charge in [-0.1, -0.05) is 12.1 Å².